The van der Waals surface area contributed by atoms with Gasteiger partial charge in [-0.15, -0.1) is 0 Å². The Hall–Kier alpha value is -2.60. The van der Waals surface area contributed by atoms with Crippen LogP contribution in [0, 0.1) is 13.8 Å². The zero-order valence-electron chi connectivity index (χ0n) is 14.1. The summed E-state index contributed by atoms with van der Waals surface area (Å²) in [6.07, 6.45) is 0.653. The number of aryl methyl sites for hydroxylation is 2. The van der Waals surface area contributed by atoms with Crippen LogP contribution >= 0.6 is 0 Å². The monoisotopic (exact) mass is 330 g/mol. The van der Waals surface area contributed by atoms with Crippen molar-refractivity contribution < 1.29 is 19.1 Å². The first-order valence-electron chi connectivity index (χ1n) is 7.84. The van der Waals surface area contributed by atoms with E-state index in [4.69, 9.17) is 9.52 Å². The van der Waals surface area contributed by atoms with E-state index < -0.39 is 0 Å². The SMILES string of the molecule is CCC(CO)NC(=O)c1ccc(NC(=O)c2cc(C)oc2C)cc1. The maximum absolute atomic E-state index is 12.2. The number of hydrogen-bond donors (Lipinski definition) is 3. The summed E-state index contributed by atoms with van der Waals surface area (Å²) in [5.41, 5.74) is 1.54. The molecule has 0 bridgehead atoms. The van der Waals surface area contributed by atoms with E-state index in [2.05, 4.69) is 10.6 Å². The number of furan rings is 1. The molecular formula is C18H22N2O4. The van der Waals surface area contributed by atoms with Gasteiger partial charge in [0.2, 0.25) is 0 Å². The third-order valence-corrected chi connectivity index (χ3v) is 3.74. The summed E-state index contributed by atoms with van der Waals surface area (Å²) in [5, 5.41) is 14.6. The van der Waals surface area contributed by atoms with Gasteiger partial charge in [-0.2, -0.15) is 0 Å². The average molecular weight is 330 g/mol. The maximum Gasteiger partial charge on any atom is 0.259 e. The number of hydrogen-bond acceptors (Lipinski definition) is 4. The maximum atomic E-state index is 12.2. The van der Waals surface area contributed by atoms with E-state index in [-0.39, 0.29) is 24.5 Å². The lowest BCUT2D eigenvalue weighted by Gasteiger charge is -2.14. The van der Waals surface area contributed by atoms with E-state index in [9.17, 15) is 9.59 Å². The predicted octanol–water partition coefficient (Wildman–Crippen LogP) is 2.65. The zero-order valence-corrected chi connectivity index (χ0v) is 14.1. The number of aliphatic hydroxyl groups excluding tert-OH is 1. The van der Waals surface area contributed by atoms with Gasteiger partial charge in [0.05, 0.1) is 18.2 Å². The molecule has 24 heavy (non-hydrogen) atoms. The van der Waals surface area contributed by atoms with Gasteiger partial charge in [0.15, 0.2) is 0 Å². The summed E-state index contributed by atoms with van der Waals surface area (Å²) in [6.45, 7) is 5.31. The van der Waals surface area contributed by atoms with Crippen molar-refractivity contribution >= 4 is 17.5 Å². The second-order valence-electron chi connectivity index (χ2n) is 5.62. The standard InChI is InChI=1S/C18H22N2O4/c1-4-14(10-21)19-17(22)13-5-7-15(8-6-13)20-18(23)16-9-11(2)24-12(16)3/h5-9,14,21H,4,10H2,1-3H3,(H,19,22)(H,20,23). The Kier molecular flexibility index (Phi) is 5.76. The van der Waals surface area contributed by atoms with Crippen molar-refractivity contribution in [1.82, 2.24) is 5.32 Å². The topological polar surface area (TPSA) is 91.6 Å². The summed E-state index contributed by atoms with van der Waals surface area (Å²) in [7, 11) is 0. The molecule has 0 aliphatic rings. The van der Waals surface area contributed by atoms with Gasteiger partial charge in [0.25, 0.3) is 11.8 Å². The van der Waals surface area contributed by atoms with Crippen LogP contribution in [0.2, 0.25) is 0 Å². The number of anilines is 1. The molecule has 0 saturated carbocycles. The van der Waals surface area contributed by atoms with Gasteiger partial charge in [-0.25, -0.2) is 0 Å². The van der Waals surface area contributed by atoms with E-state index >= 15 is 0 Å². The van der Waals surface area contributed by atoms with Gasteiger partial charge < -0.3 is 20.2 Å². The van der Waals surface area contributed by atoms with E-state index in [0.29, 0.717) is 34.8 Å². The molecular weight excluding hydrogens is 308 g/mol. The molecule has 0 spiro atoms. The Balaban J connectivity index is 2.03. The molecule has 1 atom stereocenters. The fraction of sp³-hybridized carbons (Fsp3) is 0.333. The molecule has 0 saturated heterocycles. The van der Waals surface area contributed by atoms with Gasteiger partial charge in [-0.1, -0.05) is 6.92 Å². The van der Waals surface area contributed by atoms with E-state index in [1.54, 1.807) is 44.2 Å². The Labute approximate surface area is 140 Å². The molecule has 2 rings (SSSR count). The minimum Gasteiger partial charge on any atom is -0.466 e. The fourth-order valence-electron chi connectivity index (χ4n) is 2.31. The molecule has 2 amide bonds. The van der Waals surface area contributed by atoms with Crippen LogP contribution in [0.25, 0.3) is 0 Å². The molecule has 0 radical (unpaired) electrons. The molecule has 6 nitrogen and oxygen atoms in total. The van der Waals surface area contributed by atoms with Crippen molar-refractivity contribution in [3.8, 4) is 0 Å². The van der Waals surface area contributed by atoms with Crippen LogP contribution in [-0.4, -0.2) is 29.6 Å². The van der Waals surface area contributed by atoms with Gasteiger partial charge in [-0.05, 0) is 50.6 Å². The minimum absolute atomic E-state index is 0.0974. The van der Waals surface area contributed by atoms with Crippen LogP contribution in [-0.2, 0) is 0 Å². The van der Waals surface area contributed by atoms with Gasteiger partial charge in [-0.3, -0.25) is 9.59 Å². The molecule has 0 aliphatic carbocycles. The molecule has 1 aromatic heterocycles. The van der Waals surface area contributed by atoms with Crippen LogP contribution in [0.5, 0.6) is 0 Å². The summed E-state index contributed by atoms with van der Waals surface area (Å²) in [6, 6.07) is 8.01. The lowest BCUT2D eigenvalue weighted by molar-refractivity contribution is 0.0914. The van der Waals surface area contributed by atoms with Crippen molar-refractivity contribution in [2.75, 3.05) is 11.9 Å². The number of amides is 2. The lowest BCUT2D eigenvalue weighted by Crippen LogP contribution is -2.36. The normalized spacial score (nSPS) is 11.8. The summed E-state index contributed by atoms with van der Waals surface area (Å²) >= 11 is 0. The fourth-order valence-corrected chi connectivity index (χ4v) is 2.31. The van der Waals surface area contributed by atoms with Crippen LogP contribution in [0.1, 0.15) is 45.6 Å². The van der Waals surface area contributed by atoms with E-state index in [1.807, 2.05) is 6.92 Å². The second-order valence-corrected chi connectivity index (χ2v) is 5.62. The van der Waals surface area contributed by atoms with Crippen molar-refractivity contribution in [2.24, 2.45) is 0 Å². The molecule has 1 aromatic carbocycles. The Morgan fingerprint density at radius 2 is 1.83 bits per heavy atom. The first-order valence-corrected chi connectivity index (χ1v) is 7.84. The first-order chi connectivity index (χ1) is 11.4. The number of benzene rings is 1. The van der Waals surface area contributed by atoms with Crippen LogP contribution in [0.15, 0.2) is 34.7 Å². The Morgan fingerprint density at radius 3 is 2.33 bits per heavy atom. The highest BCUT2D eigenvalue weighted by atomic mass is 16.3. The van der Waals surface area contributed by atoms with Gasteiger partial charge >= 0.3 is 0 Å². The quantitative estimate of drug-likeness (QED) is 0.759. The number of rotatable bonds is 6. The molecule has 1 unspecified atom stereocenters. The van der Waals surface area contributed by atoms with Crippen LogP contribution in [0.4, 0.5) is 5.69 Å². The van der Waals surface area contributed by atoms with Crippen molar-refractivity contribution in [1.29, 1.82) is 0 Å². The zero-order chi connectivity index (χ0) is 17.7. The molecule has 0 aliphatic heterocycles. The van der Waals surface area contributed by atoms with Gasteiger partial charge in [0.1, 0.15) is 11.5 Å². The lowest BCUT2D eigenvalue weighted by atomic mass is 10.1. The third-order valence-electron chi connectivity index (χ3n) is 3.74. The number of carbonyl (C=O) groups is 2. The molecule has 6 heteroatoms. The smallest absolute Gasteiger partial charge is 0.259 e. The number of nitrogens with one attached hydrogen (secondary N) is 2. The average Bonchev–Trinajstić information content (AvgIpc) is 2.91. The molecule has 3 N–H and O–H groups in total. The van der Waals surface area contributed by atoms with Gasteiger partial charge in [0, 0.05) is 11.3 Å². The largest absolute Gasteiger partial charge is 0.466 e. The number of aliphatic hydroxyl groups is 1. The molecule has 1 heterocycles. The second kappa shape index (κ2) is 7.79. The highest BCUT2D eigenvalue weighted by Gasteiger charge is 2.14. The van der Waals surface area contributed by atoms with Crippen LogP contribution < -0.4 is 10.6 Å². The number of carbonyl (C=O) groups excluding carboxylic acids is 2. The van der Waals surface area contributed by atoms with Crippen molar-refractivity contribution in [3.05, 3.63) is 53.0 Å². The third kappa shape index (κ3) is 4.23. The van der Waals surface area contributed by atoms with E-state index in [1.165, 1.54) is 0 Å². The Morgan fingerprint density at radius 1 is 1.17 bits per heavy atom. The first kappa shape index (κ1) is 17.7. The van der Waals surface area contributed by atoms with Crippen LogP contribution in [0.3, 0.4) is 0 Å². The minimum atomic E-state index is -0.260. The van der Waals surface area contributed by atoms with Crippen molar-refractivity contribution in [3.63, 3.8) is 0 Å². The van der Waals surface area contributed by atoms with Crippen molar-refractivity contribution in [2.45, 2.75) is 33.2 Å². The van der Waals surface area contributed by atoms with E-state index in [0.717, 1.165) is 0 Å². The molecule has 2 aromatic rings. The molecule has 0 fully saturated rings. The summed E-state index contributed by atoms with van der Waals surface area (Å²) in [5.74, 6) is 0.734. The molecule has 128 valence electrons. The highest BCUT2D eigenvalue weighted by Crippen LogP contribution is 2.17. The summed E-state index contributed by atoms with van der Waals surface area (Å²) < 4.78 is 5.35. The predicted molar refractivity (Wildman–Crippen MR) is 91.2 cm³/mol. The Bertz CT molecular complexity index is 715. The summed E-state index contributed by atoms with van der Waals surface area (Å²) in [4.78, 5) is 24.3. The highest BCUT2D eigenvalue weighted by molar-refractivity contribution is 6.05.